The molecule has 9 heteroatoms. The number of anilines is 3. The summed E-state index contributed by atoms with van der Waals surface area (Å²) in [5.74, 6) is 0. The van der Waals surface area contributed by atoms with Crippen molar-refractivity contribution in [1.29, 1.82) is 0 Å². The minimum atomic E-state index is -0.327. The molecule has 0 spiro atoms. The maximum absolute atomic E-state index is 12.5. The standard InChI is InChI=1S/C25H22ClN5O2S/c26-19-4-6-20(7-5-19)28-24(32)29-21-3-1-2-18(16-21)23-22(17-8-10-27-11-9-17)30-25(34-23)31-12-14-33-15-13-31/h1-11,16H,12-15H2,(H2,28,29,32). The summed E-state index contributed by atoms with van der Waals surface area (Å²) >= 11 is 7.56. The maximum Gasteiger partial charge on any atom is 0.323 e. The molecule has 1 saturated heterocycles. The molecule has 1 aliphatic heterocycles. The SMILES string of the molecule is O=C(Nc1ccc(Cl)cc1)Nc1cccc(-c2sc(N3CCOCC3)nc2-c2ccncc2)c1. The van der Waals surface area contributed by atoms with Crippen LogP contribution in [0.4, 0.5) is 21.3 Å². The number of amides is 2. The van der Waals surface area contributed by atoms with E-state index in [1.807, 2.05) is 36.4 Å². The van der Waals surface area contributed by atoms with Crippen molar-refractivity contribution in [3.63, 3.8) is 0 Å². The number of pyridine rings is 1. The predicted octanol–water partition coefficient (Wildman–Crippen LogP) is 6.01. The minimum Gasteiger partial charge on any atom is -0.378 e. The van der Waals surface area contributed by atoms with Crippen LogP contribution >= 0.6 is 22.9 Å². The Morgan fingerprint density at radius 2 is 1.68 bits per heavy atom. The van der Waals surface area contributed by atoms with E-state index in [9.17, 15) is 4.79 Å². The van der Waals surface area contributed by atoms with Crippen molar-refractivity contribution in [3.05, 3.63) is 78.1 Å². The van der Waals surface area contributed by atoms with Gasteiger partial charge in [0, 0.05) is 47.4 Å². The maximum atomic E-state index is 12.5. The molecule has 172 valence electrons. The number of carbonyl (C=O) groups is 1. The number of halogens is 1. The van der Waals surface area contributed by atoms with Gasteiger partial charge in [-0.1, -0.05) is 35.1 Å². The van der Waals surface area contributed by atoms with Crippen molar-refractivity contribution in [3.8, 4) is 21.7 Å². The molecule has 2 amide bonds. The number of benzene rings is 2. The Balaban J connectivity index is 1.42. The quantitative estimate of drug-likeness (QED) is 0.357. The lowest BCUT2D eigenvalue weighted by atomic mass is 10.1. The molecule has 7 nitrogen and oxygen atoms in total. The molecule has 4 aromatic rings. The summed E-state index contributed by atoms with van der Waals surface area (Å²) in [5.41, 5.74) is 4.23. The molecule has 0 saturated carbocycles. The fraction of sp³-hybridized carbons (Fsp3) is 0.160. The van der Waals surface area contributed by atoms with Gasteiger partial charge >= 0.3 is 6.03 Å². The molecule has 5 rings (SSSR count). The molecule has 0 unspecified atom stereocenters. The van der Waals surface area contributed by atoms with Crippen molar-refractivity contribution in [2.24, 2.45) is 0 Å². The van der Waals surface area contributed by atoms with Crippen molar-refractivity contribution in [2.45, 2.75) is 0 Å². The lowest BCUT2D eigenvalue weighted by Crippen LogP contribution is -2.36. The van der Waals surface area contributed by atoms with Crippen LogP contribution in [0, 0.1) is 0 Å². The lowest BCUT2D eigenvalue weighted by Gasteiger charge is -2.26. The van der Waals surface area contributed by atoms with Gasteiger partial charge in [0.05, 0.1) is 23.8 Å². The first kappa shape index (κ1) is 22.3. The number of urea groups is 1. The van der Waals surface area contributed by atoms with E-state index in [2.05, 4.69) is 20.5 Å². The highest BCUT2D eigenvalue weighted by Crippen LogP contribution is 2.41. The van der Waals surface area contributed by atoms with E-state index in [0.717, 1.165) is 39.9 Å². The fourth-order valence-corrected chi connectivity index (χ4v) is 4.93. The third-order valence-electron chi connectivity index (χ3n) is 5.34. The molecule has 2 aromatic heterocycles. The molecule has 0 radical (unpaired) electrons. The van der Waals surface area contributed by atoms with Gasteiger partial charge < -0.3 is 20.3 Å². The minimum absolute atomic E-state index is 0.327. The molecule has 2 aromatic carbocycles. The van der Waals surface area contributed by atoms with Crippen LogP contribution in [0.3, 0.4) is 0 Å². The van der Waals surface area contributed by atoms with Gasteiger partial charge in [0.1, 0.15) is 0 Å². The van der Waals surface area contributed by atoms with Gasteiger partial charge in [-0.25, -0.2) is 9.78 Å². The van der Waals surface area contributed by atoms with Crippen LogP contribution in [0.25, 0.3) is 21.7 Å². The number of morpholine rings is 1. The summed E-state index contributed by atoms with van der Waals surface area (Å²) in [5, 5.41) is 7.30. The number of hydrogen-bond donors (Lipinski definition) is 2. The molecular weight excluding hydrogens is 470 g/mol. The predicted molar refractivity (Wildman–Crippen MR) is 138 cm³/mol. The van der Waals surface area contributed by atoms with E-state index in [0.29, 0.717) is 29.6 Å². The third-order valence-corrected chi connectivity index (χ3v) is 6.75. The first-order valence-electron chi connectivity index (χ1n) is 10.8. The lowest BCUT2D eigenvalue weighted by molar-refractivity contribution is 0.122. The fourth-order valence-electron chi connectivity index (χ4n) is 3.66. The highest BCUT2D eigenvalue weighted by molar-refractivity contribution is 7.19. The third kappa shape index (κ3) is 5.20. The van der Waals surface area contributed by atoms with Crippen molar-refractivity contribution in [2.75, 3.05) is 41.8 Å². The Morgan fingerprint density at radius 1 is 0.941 bits per heavy atom. The molecule has 34 heavy (non-hydrogen) atoms. The Kier molecular flexibility index (Phi) is 6.71. The Hall–Kier alpha value is -3.46. The smallest absolute Gasteiger partial charge is 0.323 e. The molecule has 2 N–H and O–H groups in total. The molecule has 0 aliphatic carbocycles. The molecular formula is C25H22ClN5O2S. The number of aromatic nitrogens is 2. The number of ether oxygens (including phenoxy) is 1. The highest BCUT2D eigenvalue weighted by Gasteiger charge is 2.21. The van der Waals surface area contributed by atoms with E-state index in [4.69, 9.17) is 21.3 Å². The van der Waals surface area contributed by atoms with Crippen LogP contribution in [-0.2, 0) is 4.74 Å². The summed E-state index contributed by atoms with van der Waals surface area (Å²) in [6, 6.07) is 18.3. The number of thiazole rings is 1. The summed E-state index contributed by atoms with van der Waals surface area (Å²) in [4.78, 5) is 24.9. The number of rotatable bonds is 5. The monoisotopic (exact) mass is 491 g/mol. The van der Waals surface area contributed by atoms with Crippen LogP contribution in [-0.4, -0.2) is 42.3 Å². The van der Waals surface area contributed by atoms with Gasteiger partial charge in [-0.2, -0.15) is 0 Å². The topological polar surface area (TPSA) is 79.4 Å². The summed E-state index contributed by atoms with van der Waals surface area (Å²) in [6.45, 7) is 3.02. The largest absolute Gasteiger partial charge is 0.378 e. The van der Waals surface area contributed by atoms with E-state index in [1.54, 1.807) is 48.0 Å². The number of nitrogens with zero attached hydrogens (tertiary/aromatic N) is 3. The zero-order valence-corrected chi connectivity index (χ0v) is 19.8. The molecule has 0 bridgehead atoms. The molecule has 3 heterocycles. The van der Waals surface area contributed by atoms with Crippen LogP contribution < -0.4 is 15.5 Å². The van der Waals surface area contributed by atoms with Gasteiger partial charge in [0.15, 0.2) is 5.13 Å². The zero-order chi connectivity index (χ0) is 23.3. The second-order valence-electron chi connectivity index (χ2n) is 7.68. The van der Waals surface area contributed by atoms with E-state index in [1.165, 1.54) is 0 Å². The number of carbonyl (C=O) groups excluding carboxylic acids is 1. The summed E-state index contributed by atoms with van der Waals surface area (Å²) in [7, 11) is 0. The van der Waals surface area contributed by atoms with E-state index < -0.39 is 0 Å². The van der Waals surface area contributed by atoms with Crippen LogP contribution in [0.15, 0.2) is 73.1 Å². The zero-order valence-electron chi connectivity index (χ0n) is 18.2. The van der Waals surface area contributed by atoms with Crippen LogP contribution in [0.1, 0.15) is 0 Å². The van der Waals surface area contributed by atoms with Crippen molar-refractivity contribution < 1.29 is 9.53 Å². The average molecular weight is 492 g/mol. The summed E-state index contributed by atoms with van der Waals surface area (Å²) < 4.78 is 5.50. The Morgan fingerprint density at radius 3 is 2.44 bits per heavy atom. The van der Waals surface area contributed by atoms with Crippen LogP contribution in [0.5, 0.6) is 0 Å². The molecule has 1 aliphatic rings. The van der Waals surface area contributed by atoms with Crippen molar-refractivity contribution >= 4 is 45.5 Å². The van der Waals surface area contributed by atoms with Gasteiger partial charge in [0.25, 0.3) is 0 Å². The molecule has 0 atom stereocenters. The normalized spacial score (nSPS) is 13.5. The van der Waals surface area contributed by atoms with E-state index in [-0.39, 0.29) is 6.03 Å². The second-order valence-corrected chi connectivity index (χ2v) is 9.09. The Labute approximate surface area is 206 Å². The number of nitrogens with one attached hydrogen (secondary N) is 2. The highest BCUT2D eigenvalue weighted by atomic mass is 35.5. The molecule has 1 fully saturated rings. The average Bonchev–Trinajstić information content (AvgIpc) is 3.32. The van der Waals surface area contributed by atoms with Crippen molar-refractivity contribution in [1.82, 2.24) is 9.97 Å². The van der Waals surface area contributed by atoms with Gasteiger partial charge in [-0.05, 0) is 54.1 Å². The Bertz CT molecular complexity index is 1270. The number of hydrogen-bond acceptors (Lipinski definition) is 6. The second kappa shape index (κ2) is 10.2. The van der Waals surface area contributed by atoms with Gasteiger partial charge in [-0.15, -0.1) is 0 Å². The van der Waals surface area contributed by atoms with Gasteiger partial charge in [-0.3, -0.25) is 4.98 Å². The van der Waals surface area contributed by atoms with Crippen LogP contribution in [0.2, 0.25) is 5.02 Å². The van der Waals surface area contributed by atoms with E-state index >= 15 is 0 Å². The first-order valence-corrected chi connectivity index (χ1v) is 12.0. The summed E-state index contributed by atoms with van der Waals surface area (Å²) in [6.07, 6.45) is 3.54. The van der Waals surface area contributed by atoms with Gasteiger partial charge in [0.2, 0.25) is 0 Å². The first-order chi connectivity index (χ1) is 16.7.